The fourth-order valence-electron chi connectivity index (χ4n) is 3.51. The Kier molecular flexibility index (Phi) is 4.01. The summed E-state index contributed by atoms with van der Waals surface area (Å²) in [6.07, 6.45) is 1.56. The summed E-state index contributed by atoms with van der Waals surface area (Å²) in [5.41, 5.74) is 2.06. The van der Waals surface area contributed by atoms with Gasteiger partial charge in [-0.05, 0) is 42.7 Å². The van der Waals surface area contributed by atoms with Crippen LogP contribution in [0.2, 0.25) is 0 Å². The van der Waals surface area contributed by atoms with E-state index < -0.39 is 0 Å². The minimum Gasteiger partial charge on any atom is -0.497 e. The normalized spacial score (nSPS) is 22.4. The second kappa shape index (κ2) is 6.33. The fourth-order valence-corrected chi connectivity index (χ4v) is 3.51. The molecule has 0 bridgehead atoms. The van der Waals surface area contributed by atoms with Gasteiger partial charge in [0.2, 0.25) is 0 Å². The van der Waals surface area contributed by atoms with Gasteiger partial charge in [-0.2, -0.15) is 0 Å². The summed E-state index contributed by atoms with van der Waals surface area (Å²) in [6, 6.07) is 14.8. The summed E-state index contributed by atoms with van der Waals surface area (Å²) >= 11 is 0. The Morgan fingerprint density at radius 1 is 1.00 bits per heavy atom. The predicted octanol–water partition coefficient (Wildman–Crippen LogP) is 3.21. The molecule has 5 heteroatoms. The van der Waals surface area contributed by atoms with Crippen LogP contribution in [-0.2, 0) is 4.74 Å². The van der Waals surface area contributed by atoms with E-state index in [0.717, 1.165) is 24.2 Å². The Balaban J connectivity index is 1.43. The van der Waals surface area contributed by atoms with Gasteiger partial charge < -0.3 is 9.47 Å². The minimum atomic E-state index is -0.225. The molecule has 2 heterocycles. The van der Waals surface area contributed by atoms with Gasteiger partial charge in [-0.3, -0.25) is 14.5 Å². The molecule has 2 aliphatic rings. The van der Waals surface area contributed by atoms with Gasteiger partial charge in [-0.25, -0.2) is 0 Å². The van der Waals surface area contributed by atoms with Gasteiger partial charge in [0.1, 0.15) is 5.75 Å². The molecular weight excluding hydrogens is 318 g/mol. The van der Waals surface area contributed by atoms with Crippen LogP contribution in [0.25, 0.3) is 0 Å². The van der Waals surface area contributed by atoms with Gasteiger partial charge in [0.05, 0.1) is 37.0 Å². The van der Waals surface area contributed by atoms with Gasteiger partial charge in [-0.15, -0.1) is 0 Å². The molecule has 2 aliphatic heterocycles. The standard InChI is InChI=1S/C20H19NO4/c1-24-14-8-6-13(7-9-14)18-11-10-15(25-18)12-21-19(22)16-4-2-3-5-17(16)20(21)23/h2-9,15,18H,10-12H2,1H3. The molecule has 0 saturated carbocycles. The average molecular weight is 337 g/mol. The van der Waals surface area contributed by atoms with Gasteiger partial charge in [0.15, 0.2) is 0 Å². The highest BCUT2D eigenvalue weighted by molar-refractivity contribution is 6.21. The van der Waals surface area contributed by atoms with Crippen molar-refractivity contribution in [2.75, 3.05) is 13.7 Å². The Morgan fingerprint density at radius 3 is 2.24 bits per heavy atom. The number of nitrogens with zero attached hydrogens (tertiary/aromatic N) is 1. The van der Waals surface area contributed by atoms with Crippen LogP contribution in [0.15, 0.2) is 48.5 Å². The molecule has 0 spiro atoms. The Hall–Kier alpha value is -2.66. The number of hydrogen-bond donors (Lipinski definition) is 0. The van der Waals surface area contributed by atoms with E-state index in [1.165, 1.54) is 4.90 Å². The number of hydrogen-bond acceptors (Lipinski definition) is 4. The second-order valence-corrected chi connectivity index (χ2v) is 6.36. The van der Waals surface area contributed by atoms with Gasteiger partial charge in [-0.1, -0.05) is 24.3 Å². The number of methoxy groups -OCH3 is 1. The third kappa shape index (κ3) is 2.81. The smallest absolute Gasteiger partial charge is 0.261 e. The molecule has 0 aliphatic carbocycles. The lowest BCUT2D eigenvalue weighted by Crippen LogP contribution is -2.36. The fraction of sp³-hybridized carbons (Fsp3) is 0.300. The monoisotopic (exact) mass is 337 g/mol. The van der Waals surface area contributed by atoms with Crippen LogP contribution < -0.4 is 4.74 Å². The number of amides is 2. The van der Waals surface area contributed by atoms with Crippen molar-refractivity contribution in [3.63, 3.8) is 0 Å². The summed E-state index contributed by atoms with van der Waals surface area (Å²) in [5.74, 6) is 0.360. The molecule has 1 saturated heterocycles. The van der Waals surface area contributed by atoms with E-state index >= 15 is 0 Å². The van der Waals surface area contributed by atoms with Crippen LogP contribution in [-0.4, -0.2) is 36.5 Å². The van der Waals surface area contributed by atoms with E-state index in [9.17, 15) is 9.59 Å². The minimum absolute atomic E-state index is 0.00825. The number of ether oxygens (including phenoxy) is 2. The zero-order valence-electron chi connectivity index (χ0n) is 14.0. The topological polar surface area (TPSA) is 55.8 Å². The SMILES string of the molecule is COc1ccc(C2CCC(CN3C(=O)c4ccccc4C3=O)O2)cc1. The Morgan fingerprint density at radius 2 is 1.64 bits per heavy atom. The molecule has 2 atom stereocenters. The van der Waals surface area contributed by atoms with E-state index in [4.69, 9.17) is 9.47 Å². The first-order valence-electron chi connectivity index (χ1n) is 8.42. The molecule has 4 rings (SSSR count). The molecule has 1 fully saturated rings. The van der Waals surface area contributed by atoms with Crippen LogP contribution in [0.3, 0.4) is 0 Å². The summed E-state index contributed by atoms with van der Waals surface area (Å²) in [5, 5.41) is 0. The number of imide groups is 1. The lowest BCUT2D eigenvalue weighted by atomic mass is 10.1. The van der Waals surface area contributed by atoms with Crippen molar-refractivity contribution < 1.29 is 19.1 Å². The first-order valence-corrected chi connectivity index (χ1v) is 8.42. The maximum atomic E-state index is 12.5. The zero-order valence-corrected chi connectivity index (χ0v) is 14.0. The van der Waals surface area contributed by atoms with E-state index in [-0.39, 0.29) is 24.0 Å². The molecule has 0 radical (unpaired) electrons. The lowest BCUT2D eigenvalue weighted by molar-refractivity contribution is 0.0216. The molecule has 0 aromatic heterocycles. The third-order valence-electron chi connectivity index (χ3n) is 4.86. The van der Waals surface area contributed by atoms with E-state index in [2.05, 4.69) is 0 Å². The van der Waals surface area contributed by atoms with Crippen LogP contribution >= 0.6 is 0 Å². The van der Waals surface area contributed by atoms with Crippen molar-refractivity contribution in [1.29, 1.82) is 0 Å². The van der Waals surface area contributed by atoms with Crippen LogP contribution in [0.5, 0.6) is 5.75 Å². The summed E-state index contributed by atoms with van der Waals surface area (Å²) < 4.78 is 11.3. The molecular formula is C20H19NO4. The van der Waals surface area contributed by atoms with Crippen molar-refractivity contribution in [1.82, 2.24) is 4.90 Å². The maximum Gasteiger partial charge on any atom is 0.261 e. The highest BCUT2D eigenvalue weighted by Gasteiger charge is 2.38. The number of rotatable bonds is 4. The quantitative estimate of drug-likeness (QED) is 0.804. The van der Waals surface area contributed by atoms with Crippen LogP contribution in [0.1, 0.15) is 45.2 Å². The highest BCUT2D eigenvalue weighted by atomic mass is 16.5. The van der Waals surface area contributed by atoms with Gasteiger partial charge in [0.25, 0.3) is 11.8 Å². The van der Waals surface area contributed by atoms with Crippen molar-refractivity contribution in [2.24, 2.45) is 0 Å². The third-order valence-corrected chi connectivity index (χ3v) is 4.86. The molecule has 2 unspecified atom stereocenters. The molecule has 5 nitrogen and oxygen atoms in total. The first kappa shape index (κ1) is 15.8. The molecule has 128 valence electrons. The number of benzene rings is 2. The number of carbonyl (C=O) groups is 2. The lowest BCUT2D eigenvalue weighted by Gasteiger charge is -2.19. The Bertz CT molecular complexity index is 780. The van der Waals surface area contributed by atoms with Crippen LogP contribution in [0, 0.1) is 0 Å². The van der Waals surface area contributed by atoms with Crippen molar-refractivity contribution >= 4 is 11.8 Å². The van der Waals surface area contributed by atoms with E-state index in [0.29, 0.717) is 17.7 Å². The molecule has 2 amide bonds. The summed E-state index contributed by atoms with van der Waals surface area (Å²) in [4.78, 5) is 26.2. The first-order chi connectivity index (χ1) is 12.2. The summed E-state index contributed by atoms with van der Waals surface area (Å²) in [6.45, 7) is 0.305. The highest BCUT2D eigenvalue weighted by Crippen LogP contribution is 2.34. The second-order valence-electron chi connectivity index (χ2n) is 6.36. The van der Waals surface area contributed by atoms with Gasteiger partial charge in [0, 0.05) is 0 Å². The number of fused-ring (bicyclic) bond motifs is 1. The summed E-state index contributed by atoms with van der Waals surface area (Å²) in [7, 11) is 1.64. The number of carbonyl (C=O) groups excluding carboxylic acids is 2. The molecule has 0 N–H and O–H groups in total. The van der Waals surface area contributed by atoms with Gasteiger partial charge >= 0.3 is 0 Å². The maximum absolute atomic E-state index is 12.5. The van der Waals surface area contributed by atoms with Crippen molar-refractivity contribution in [2.45, 2.75) is 25.0 Å². The van der Waals surface area contributed by atoms with Crippen LogP contribution in [0.4, 0.5) is 0 Å². The van der Waals surface area contributed by atoms with E-state index in [1.807, 2.05) is 24.3 Å². The molecule has 25 heavy (non-hydrogen) atoms. The van der Waals surface area contributed by atoms with Crippen molar-refractivity contribution in [3.8, 4) is 5.75 Å². The zero-order chi connectivity index (χ0) is 17.4. The largest absolute Gasteiger partial charge is 0.497 e. The average Bonchev–Trinajstić information content (AvgIpc) is 3.22. The van der Waals surface area contributed by atoms with Crippen molar-refractivity contribution in [3.05, 3.63) is 65.2 Å². The molecule has 2 aromatic rings. The predicted molar refractivity (Wildman–Crippen MR) is 91.7 cm³/mol. The Labute approximate surface area is 146 Å². The molecule has 2 aromatic carbocycles. The van der Waals surface area contributed by atoms with E-state index in [1.54, 1.807) is 31.4 Å².